The van der Waals surface area contributed by atoms with Gasteiger partial charge in [-0.3, -0.25) is 14.6 Å². The molecular weight excluding hydrogens is 392 g/mol. The zero-order valence-electron chi connectivity index (χ0n) is 15.9. The smallest absolute Gasteiger partial charge is 0.287 e. The van der Waals surface area contributed by atoms with Crippen LogP contribution in [0.5, 0.6) is 0 Å². The lowest BCUT2D eigenvalue weighted by Gasteiger charge is -2.06. The van der Waals surface area contributed by atoms with E-state index in [1.165, 1.54) is 6.07 Å². The molecule has 0 aliphatic rings. The summed E-state index contributed by atoms with van der Waals surface area (Å²) in [5.41, 5.74) is 1.84. The topological polar surface area (TPSA) is 92.7 Å². The minimum absolute atomic E-state index is 0.0109. The van der Waals surface area contributed by atoms with Crippen LogP contribution in [0, 0.1) is 11.6 Å². The lowest BCUT2D eigenvalue weighted by molar-refractivity contribution is 0.0941. The first kappa shape index (κ1) is 19.4. The summed E-state index contributed by atoms with van der Waals surface area (Å²) in [5.74, 6) is -2.36. The number of benzene rings is 1. The van der Waals surface area contributed by atoms with Gasteiger partial charge in [0, 0.05) is 44.2 Å². The molecule has 7 nitrogen and oxygen atoms in total. The number of fused-ring (bicyclic) bond motifs is 1. The van der Waals surface area contributed by atoms with Crippen molar-refractivity contribution in [1.29, 1.82) is 0 Å². The van der Waals surface area contributed by atoms with Crippen LogP contribution in [0.1, 0.15) is 27.3 Å². The standard InChI is InChI=1S/C21H17F2N5O2/c1-28-11-14(8-13-2-3-15(22)16(23)9-13)18(29)17-20(28)27-19(26-17)21(30)25-10-12-4-6-24-7-5-12/h2-7,9,11H,8,10H2,1H3,(H,25,30)(H,26,27). The van der Waals surface area contributed by atoms with Crippen LogP contribution in [0.25, 0.3) is 11.2 Å². The van der Waals surface area contributed by atoms with Crippen molar-refractivity contribution in [2.45, 2.75) is 13.0 Å². The Labute approximate surface area is 169 Å². The summed E-state index contributed by atoms with van der Waals surface area (Å²) < 4.78 is 28.2. The number of carbonyl (C=O) groups is 1. The Hall–Kier alpha value is -3.88. The van der Waals surface area contributed by atoms with Gasteiger partial charge in [0.1, 0.15) is 5.52 Å². The highest BCUT2D eigenvalue weighted by Crippen LogP contribution is 2.14. The SMILES string of the molecule is Cn1cc(Cc2ccc(F)c(F)c2)c(=O)c2[nH]c(C(=O)NCc3ccncc3)nc21. The Bertz CT molecular complexity index is 1300. The molecule has 3 heterocycles. The number of rotatable bonds is 5. The fourth-order valence-corrected chi connectivity index (χ4v) is 3.16. The Morgan fingerprint density at radius 3 is 2.63 bits per heavy atom. The number of nitrogens with zero attached hydrogens (tertiary/aromatic N) is 3. The van der Waals surface area contributed by atoms with Crippen LogP contribution >= 0.6 is 0 Å². The van der Waals surface area contributed by atoms with E-state index in [0.717, 1.165) is 17.7 Å². The lowest BCUT2D eigenvalue weighted by atomic mass is 10.1. The first-order valence-corrected chi connectivity index (χ1v) is 9.11. The fraction of sp³-hybridized carbons (Fsp3) is 0.143. The summed E-state index contributed by atoms with van der Waals surface area (Å²) in [4.78, 5) is 36.2. The molecule has 3 aromatic heterocycles. The molecule has 0 bridgehead atoms. The molecule has 0 aliphatic heterocycles. The van der Waals surface area contributed by atoms with Gasteiger partial charge in [-0.05, 0) is 35.4 Å². The van der Waals surface area contributed by atoms with Crippen molar-refractivity contribution in [3.8, 4) is 0 Å². The van der Waals surface area contributed by atoms with E-state index in [9.17, 15) is 18.4 Å². The summed E-state index contributed by atoms with van der Waals surface area (Å²) in [6.07, 6.45) is 4.94. The number of carbonyl (C=O) groups excluding carboxylic acids is 1. The Morgan fingerprint density at radius 2 is 1.90 bits per heavy atom. The number of pyridine rings is 2. The predicted octanol–water partition coefficient (Wildman–Crippen LogP) is 2.46. The largest absolute Gasteiger partial charge is 0.345 e. The number of aromatic amines is 1. The zero-order valence-corrected chi connectivity index (χ0v) is 15.9. The van der Waals surface area contributed by atoms with Gasteiger partial charge in [-0.2, -0.15) is 0 Å². The van der Waals surface area contributed by atoms with Crippen molar-refractivity contribution in [1.82, 2.24) is 24.8 Å². The molecule has 2 N–H and O–H groups in total. The van der Waals surface area contributed by atoms with E-state index in [-0.39, 0.29) is 29.7 Å². The van der Waals surface area contributed by atoms with E-state index >= 15 is 0 Å². The van der Waals surface area contributed by atoms with Crippen molar-refractivity contribution < 1.29 is 13.6 Å². The van der Waals surface area contributed by atoms with E-state index in [0.29, 0.717) is 16.8 Å². The lowest BCUT2D eigenvalue weighted by Crippen LogP contribution is -2.24. The van der Waals surface area contributed by atoms with Gasteiger partial charge in [-0.25, -0.2) is 13.8 Å². The van der Waals surface area contributed by atoms with Crippen molar-refractivity contribution in [2.75, 3.05) is 0 Å². The Balaban J connectivity index is 1.61. The van der Waals surface area contributed by atoms with Crippen LogP contribution < -0.4 is 10.7 Å². The third-order valence-corrected chi connectivity index (χ3v) is 4.68. The molecule has 1 aromatic carbocycles. The van der Waals surface area contributed by atoms with Gasteiger partial charge in [0.15, 0.2) is 23.1 Å². The molecule has 0 fully saturated rings. The summed E-state index contributed by atoms with van der Waals surface area (Å²) in [7, 11) is 1.69. The van der Waals surface area contributed by atoms with Gasteiger partial charge >= 0.3 is 0 Å². The highest BCUT2D eigenvalue weighted by atomic mass is 19.2. The van der Waals surface area contributed by atoms with E-state index in [1.807, 2.05) is 0 Å². The second kappa shape index (κ2) is 7.86. The van der Waals surface area contributed by atoms with Crippen LogP contribution in [0.4, 0.5) is 8.78 Å². The maximum absolute atomic E-state index is 13.5. The number of amides is 1. The number of aryl methyl sites for hydroxylation is 1. The maximum Gasteiger partial charge on any atom is 0.287 e. The molecular formula is C21H17F2N5O2. The Kier molecular flexibility index (Phi) is 5.09. The highest BCUT2D eigenvalue weighted by molar-refractivity contribution is 5.93. The number of hydrogen-bond donors (Lipinski definition) is 2. The highest BCUT2D eigenvalue weighted by Gasteiger charge is 2.17. The quantitative estimate of drug-likeness (QED) is 0.530. The Morgan fingerprint density at radius 1 is 1.13 bits per heavy atom. The van der Waals surface area contributed by atoms with Crippen LogP contribution in [0.15, 0.2) is 53.7 Å². The normalized spacial score (nSPS) is 11.0. The van der Waals surface area contributed by atoms with Gasteiger partial charge in [0.05, 0.1) is 0 Å². The monoisotopic (exact) mass is 409 g/mol. The molecule has 0 saturated carbocycles. The molecule has 4 aromatic rings. The second-order valence-electron chi connectivity index (χ2n) is 6.84. The van der Waals surface area contributed by atoms with Crippen molar-refractivity contribution in [2.24, 2.45) is 7.05 Å². The minimum Gasteiger partial charge on any atom is -0.345 e. The molecule has 0 saturated heterocycles. The number of H-pyrrole nitrogens is 1. The summed E-state index contributed by atoms with van der Waals surface area (Å²) in [5, 5.41) is 2.73. The predicted molar refractivity (Wildman–Crippen MR) is 106 cm³/mol. The van der Waals surface area contributed by atoms with E-state index < -0.39 is 17.5 Å². The second-order valence-corrected chi connectivity index (χ2v) is 6.84. The number of halogens is 2. The zero-order chi connectivity index (χ0) is 21.3. The van der Waals surface area contributed by atoms with Crippen molar-refractivity contribution in [3.63, 3.8) is 0 Å². The molecule has 0 spiro atoms. The average molecular weight is 409 g/mol. The maximum atomic E-state index is 13.5. The van der Waals surface area contributed by atoms with E-state index in [2.05, 4.69) is 20.3 Å². The summed E-state index contributed by atoms with van der Waals surface area (Å²) in [6.45, 7) is 0.288. The van der Waals surface area contributed by atoms with Crippen LogP contribution in [0.2, 0.25) is 0 Å². The third-order valence-electron chi connectivity index (χ3n) is 4.68. The molecule has 30 heavy (non-hydrogen) atoms. The summed E-state index contributed by atoms with van der Waals surface area (Å²) >= 11 is 0. The molecule has 1 amide bonds. The molecule has 4 rings (SSSR count). The van der Waals surface area contributed by atoms with E-state index in [1.54, 1.807) is 42.3 Å². The summed E-state index contributed by atoms with van der Waals surface area (Å²) in [6, 6.07) is 7.06. The number of hydrogen-bond acceptors (Lipinski definition) is 4. The minimum atomic E-state index is -0.972. The van der Waals surface area contributed by atoms with E-state index in [4.69, 9.17) is 0 Å². The number of imidazole rings is 1. The molecule has 9 heteroatoms. The van der Waals surface area contributed by atoms with Crippen LogP contribution in [0.3, 0.4) is 0 Å². The van der Waals surface area contributed by atoms with Gasteiger partial charge < -0.3 is 14.9 Å². The number of aromatic nitrogens is 4. The van der Waals surface area contributed by atoms with Crippen LogP contribution in [-0.2, 0) is 20.0 Å². The number of nitrogens with one attached hydrogen (secondary N) is 2. The van der Waals surface area contributed by atoms with Gasteiger partial charge in [0.2, 0.25) is 5.43 Å². The van der Waals surface area contributed by atoms with Gasteiger partial charge in [-0.15, -0.1) is 0 Å². The van der Waals surface area contributed by atoms with Crippen molar-refractivity contribution in [3.05, 3.63) is 93.3 Å². The fourth-order valence-electron chi connectivity index (χ4n) is 3.16. The van der Waals surface area contributed by atoms with Gasteiger partial charge in [0.25, 0.3) is 5.91 Å². The molecule has 0 radical (unpaired) electrons. The molecule has 0 atom stereocenters. The first-order valence-electron chi connectivity index (χ1n) is 9.11. The van der Waals surface area contributed by atoms with Crippen molar-refractivity contribution >= 4 is 17.1 Å². The average Bonchev–Trinajstić information content (AvgIpc) is 3.20. The molecule has 152 valence electrons. The van der Waals surface area contributed by atoms with Crippen LogP contribution in [-0.4, -0.2) is 25.4 Å². The third kappa shape index (κ3) is 3.82. The molecule has 0 aliphatic carbocycles. The van der Waals surface area contributed by atoms with Gasteiger partial charge in [-0.1, -0.05) is 6.07 Å². The molecule has 0 unspecified atom stereocenters. The first-order chi connectivity index (χ1) is 14.4.